The van der Waals surface area contributed by atoms with Gasteiger partial charge in [-0.15, -0.1) is 0 Å². The van der Waals surface area contributed by atoms with E-state index in [-0.39, 0.29) is 5.82 Å². The Morgan fingerprint density at radius 1 is 1.40 bits per heavy atom. The van der Waals surface area contributed by atoms with Crippen LogP contribution in [-0.4, -0.2) is 4.98 Å². The quantitative estimate of drug-likeness (QED) is 0.715. The number of nitrogens with zero attached hydrogens (tertiary/aromatic N) is 1. The van der Waals surface area contributed by atoms with Gasteiger partial charge in [-0.3, -0.25) is 0 Å². The van der Waals surface area contributed by atoms with Crippen LogP contribution in [0.25, 0.3) is 10.9 Å². The molecule has 0 aliphatic rings. The van der Waals surface area contributed by atoms with E-state index in [0.29, 0.717) is 21.5 Å². The lowest BCUT2D eigenvalue weighted by atomic mass is 10.1. The molecule has 2 rings (SSSR count). The summed E-state index contributed by atoms with van der Waals surface area (Å²) < 4.78 is 13.8. The first-order valence-corrected chi connectivity index (χ1v) is 5.25. The van der Waals surface area contributed by atoms with Crippen molar-refractivity contribution in [2.24, 2.45) is 0 Å². The maximum absolute atomic E-state index is 13.8. The van der Waals surface area contributed by atoms with Crippen molar-refractivity contribution in [3.63, 3.8) is 0 Å². The van der Waals surface area contributed by atoms with E-state index in [0.717, 1.165) is 12.1 Å². The van der Waals surface area contributed by atoms with Crippen LogP contribution in [0.5, 0.6) is 0 Å². The molecule has 0 amide bonds. The zero-order valence-corrected chi connectivity index (χ0v) is 9.40. The van der Waals surface area contributed by atoms with Crippen LogP contribution in [0.4, 0.5) is 4.39 Å². The Bertz CT molecular complexity index is 523. The molecular weight excluding hydrogens is 213 g/mol. The van der Waals surface area contributed by atoms with E-state index in [1.54, 1.807) is 19.1 Å². The molecule has 1 aromatic heterocycles. The van der Waals surface area contributed by atoms with Crippen LogP contribution in [0.2, 0.25) is 5.02 Å². The summed E-state index contributed by atoms with van der Waals surface area (Å²) in [6, 6.07) is 5.32. The predicted molar refractivity (Wildman–Crippen MR) is 60.8 cm³/mol. The molecule has 0 fully saturated rings. The summed E-state index contributed by atoms with van der Waals surface area (Å²) in [6.45, 7) is 3.70. The molecule has 1 aromatic carbocycles. The molecule has 0 aliphatic carbocycles. The van der Waals surface area contributed by atoms with Gasteiger partial charge in [0.15, 0.2) is 5.82 Å². The van der Waals surface area contributed by atoms with Gasteiger partial charge in [0.1, 0.15) is 5.52 Å². The largest absolute Gasteiger partial charge is 0.250 e. The van der Waals surface area contributed by atoms with Gasteiger partial charge in [-0.25, -0.2) is 9.37 Å². The average molecular weight is 224 g/mol. The monoisotopic (exact) mass is 223 g/mol. The third-order valence-corrected chi connectivity index (χ3v) is 2.79. The molecule has 1 nitrogen and oxygen atoms in total. The molecule has 0 saturated carbocycles. The fraction of sp³-hybridized carbons (Fsp3) is 0.250. The van der Waals surface area contributed by atoms with E-state index in [1.807, 2.05) is 13.0 Å². The molecule has 0 aliphatic heterocycles. The van der Waals surface area contributed by atoms with Gasteiger partial charge < -0.3 is 0 Å². The Balaban J connectivity index is 2.86. The highest BCUT2D eigenvalue weighted by Gasteiger charge is 2.09. The number of hydrogen-bond acceptors (Lipinski definition) is 1. The van der Waals surface area contributed by atoms with Gasteiger partial charge >= 0.3 is 0 Å². The summed E-state index contributed by atoms with van der Waals surface area (Å²) in [4.78, 5) is 4.26. The standard InChI is InChI=1S/C12H11ClFN/c1-3-8-6-10(13)9-5-4-7(2)11(14)12(9)15-8/h4-6H,3H2,1-2H3. The van der Waals surface area contributed by atoms with Gasteiger partial charge in [0.25, 0.3) is 0 Å². The third-order valence-electron chi connectivity index (χ3n) is 2.48. The summed E-state index contributed by atoms with van der Waals surface area (Å²) in [6.07, 6.45) is 0.753. The van der Waals surface area contributed by atoms with E-state index >= 15 is 0 Å². The number of rotatable bonds is 1. The molecule has 2 aromatic rings. The molecule has 78 valence electrons. The summed E-state index contributed by atoms with van der Waals surface area (Å²) in [7, 11) is 0. The van der Waals surface area contributed by atoms with Gasteiger partial charge in [0.2, 0.25) is 0 Å². The SMILES string of the molecule is CCc1cc(Cl)c2ccc(C)c(F)c2n1. The minimum Gasteiger partial charge on any atom is -0.250 e. The molecule has 0 radical (unpaired) electrons. The van der Waals surface area contributed by atoms with E-state index < -0.39 is 0 Å². The smallest absolute Gasteiger partial charge is 0.152 e. The lowest BCUT2D eigenvalue weighted by molar-refractivity contribution is 0.627. The summed E-state index contributed by atoms with van der Waals surface area (Å²) in [5, 5.41) is 1.24. The minimum atomic E-state index is -0.273. The summed E-state index contributed by atoms with van der Waals surface area (Å²) >= 11 is 6.06. The van der Waals surface area contributed by atoms with Crippen molar-refractivity contribution in [3.05, 3.63) is 40.3 Å². The van der Waals surface area contributed by atoms with Crippen LogP contribution < -0.4 is 0 Å². The second-order valence-electron chi connectivity index (χ2n) is 3.54. The highest BCUT2D eigenvalue weighted by molar-refractivity contribution is 6.35. The molecule has 15 heavy (non-hydrogen) atoms. The molecule has 0 saturated heterocycles. The Hall–Kier alpha value is -1.15. The first-order chi connectivity index (χ1) is 7.13. The van der Waals surface area contributed by atoms with Crippen molar-refractivity contribution in [3.8, 4) is 0 Å². The number of benzene rings is 1. The zero-order chi connectivity index (χ0) is 11.0. The van der Waals surface area contributed by atoms with E-state index in [4.69, 9.17) is 11.6 Å². The normalized spacial score (nSPS) is 10.9. The molecule has 0 N–H and O–H groups in total. The van der Waals surface area contributed by atoms with Crippen LogP contribution in [-0.2, 0) is 6.42 Å². The molecular formula is C12H11ClFN. The van der Waals surface area contributed by atoms with E-state index in [2.05, 4.69) is 4.98 Å². The fourth-order valence-electron chi connectivity index (χ4n) is 1.55. The van der Waals surface area contributed by atoms with Crippen molar-refractivity contribution in [2.45, 2.75) is 20.3 Å². The Morgan fingerprint density at radius 2 is 2.13 bits per heavy atom. The maximum Gasteiger partial charge on any atom is 0.152 e. The van der Waals surface area contributed by atoms with Gasteiger partial charge in [-0.05, 0) is 25.0 Å². The molecule has 3 heteroatoms. The topological polar surface area (TPSA) is 12.9 Å². The predicted octanol–water partition coefficient (Wildman–Crippen LogP) is 3.90. The van der Waals surface area contributed by atoms with Crippen LogP contribution >= 0.6 is 11.6 Å². The third kappa shape index (κ3) is 1.70. The second-order valence-corrected chi connectivity index (χ2v) is 3.95. The molecule has 1 heterocycles. The summed E-state index contributed by atoms with van der Waals surface area (Å²) in [5.41, 5.74) is 1.79. The first-order valence-electron chi connectivity index (χ1n) is 4.87. The lowest BCUT2D eigenvalue weighted by Crippen LogP contribution is -1.93. The fourth-order valence-corrected chi connectivity index (χ4v) is 1.83. The number of aromatic nitrogens is 1. The Kier molecular flexibility index (Phi) is 2.61. The van der Waals surface area contributed by atoms with Crippen LogP contribution in [0.3, 0.4) is 0 Å². The number of pyridine rings is 1. The van der Waals surface area contributed by atoms with Gasteiger partial charge in [0.05, 0.1) is 5.02 Å². The Morgan fingerprint density at radius 3 is 2.80 bits per heavy atom. The Labute approximate surface area is 92.9 Å². The number of fused-ring (bicyclic) bond motifs is 1. The maximum atomic E-state index is 13.8. The summed E-state index contributed by atoms with van der Waals surface area (Å²) in [5.74, 6) is -0.273. The molecule has 0 atom stereocenters. The van der Waals surface area contributed by atoms with Crippen molar-refractivity contribution in [1.82, 2.24) is 4.98 Å². The number of halogens is 2. The van der Waals surface area contributed by atoms with Crippen molar-refractivity contribution in [2.75, 3.05) is 0 Å². The lowest BCUT2D eigenvalue weighted by Gasteiger charge is -2.06. The van der Waals surface area contributed by atoms with Crippen LogP contribution in [0, 0.1) is 12.7 Å². The van der Waals surface area contributed by atoms with Gasteiger partial charge in [-0.1, -0.05) is 30.7 Å². The number of aryl methyl sites for hydroxylation is 2. The second kappa shape index (κ2) is 3.78. The van der Waals surface area contributed by atoms with Crippen LogP contribution in [0.1, 0.15) is 18.2 Å². The van der Waals surface area contributed by atoms with E-state index in [9.17, 15) is 4.39 Å². The highest BCUT2D eigenvalue weighted by atomic mass is 35.5. The van der Waals surface area contributed by atoms with Crippen molar-refractivity contribution in [1.29, 1.82) is 0 Å². The zero-order valence-electron chi connectivity index (χ0n) is 8.64. The van der Waals surface area contributed by atoms with Crippen molar-refractivity contribution >= 4 is 22.5 Å². The highest BCUT2D eigenvalue weighted by Crippen LogP contribution is 2.26. The van der Waals surface area contributed by atoms with Crippen molar-refractivity contribution < 1.29 is 4.39 Å². The average Bonchev–Trinajstić information content (AvgIpc) is 2.23. The molecule has 0 bridgehead atoms. The van der Waals surface area contributed by atoms with Gasteiger partial charge in [0, 0.05) is 11.1 Å². The minimum absolute atomic E-state index is 0.273. The molecule has 0 spiro atoms. The van der Waals surface area contributed by atoms with Gasteiger partial charge in [-0.2, -0.15) is 0 Å². The first kappa shape index (κ1) is 10.4. The number of hydrogen-bond donors (Lipinski definition) is 0. The molecule has 0 unspecified atom stereocenters. The van der Waals surface area contributed by atoms with E-state index in [1.165, 1.54) is 0 Å². The van der Waals surface area contributed by atoms with Crippen LogP contribution in [0.15, 0.2) is 18.2 Å².